The first-order chi connectivity index (χ1) is 10.9. The van der Waals surface area contributed by atoms with E-state index in [4.69, 9.17) is 5.73 Å². The predicted molar refractivity (Wildman–Crippen MR) is 86.1 cm³/mol. The molecule has 2 N–H and O–H groups in total. The van der Waals surface area contributed by atoms with E-state index in [0.29, 0.717) is 24.6 Å². The standard InChI is InChI=1S/C15H21N3O4S/c16-15-3-1-2-12-8-17(9-14(12)15)23(21,22)10-11-4-6-13(7-5-11)18(19)20/h4-7,12,14-15H,1-3,8-10,16H2. The van der Waals surface area contributed by atoms with Gasteiger partial charge in [0.2, 0.25) is 10.0 Å². The molecule has 23 heavy (non-hydrogen) atoms. The minimum Gasteiger partial charge on any atom is -0.327 e. The summed E-state index contributed by atoms with van der Waals surface area (Å²) in [5, 5.41) is 10.6. The molecule has 2 aliphatic rings. The van der Waals surface area contributed by atoms with Gasteiger partial charge in [-0.05, 0) is 30.2 Å². The van der Waals surface area contributed by atoms with Crippen LogP contribution in [-0.2, 0) is 15.8 Å². The molecule has 3 atom stereocenters. The van der Waals surface area contributed by atoms with Crippen LogP contribution in [0.1, 0.15) is 24.8 Å². The highest BCUT2D eigenvalue weighted by atomic mass is 32.2. The van der Waals surface area contributed by atoms with Crippen molar-refractivity contribution in [2.75, 3.05) is 13.1 Å². The Morgan fingerprint density at radius 2 is 1.91 bits per heavy atom. The molecule has 2 fully saturated rings. The maximum Gasteiger partial charge on any atom is 0.269 e. The fourth-order valence-electron chi connectivity index (χ4n) is 3.72. The Bertz CT molecular complexity index is 689. The number of non-ortho nitro benzene ring substituents is 1. The molecule has 0 amide bonds. The fraction of sp³-hybridized carbons (Fsp3) is 0.600. The summed E-state index contributed by atoms with van der Waals surface area (Å²) in [6.07, 6.45) is 3.08. The summed E-state index contributed by atoms with van der Waals surface area (Å²) in [6.45, 7) is 1.05. The molecule has 126 valence electrons. The minimum absolute atomic E-state index is 0.0377. The molecule has 1 aliphatic heterocycles. The summed E-state index contributed by atoms with van der Waals surface area (Å²) in [4.78, 5) is 10.2. The van der Waals surface area contributed by atoms with E-state index in [1.807, 2.05) is 0 Å². The van der Waals surface area contributed by atoms with Crippen molar-refractivity contribution in [3.8, 4) is 0 Å². The van der Waals surface area contributed by atoms with Gasteiger partial charge in [-0.2, -0.15) is 0 Å². The lowest BCUT2D eigenvalue weighted by atomic mass is 9.78. The van der Waals surface area contributed by atoms with Crippen LogP contribution in [0, 0.1) is 22.0 Å². The first kappa shape index (κ1) is 16.4. The number of nitrogens with zero attached hydrogens (tertiary/aromatic N) is 2. The lowest BCUT2D eigenvalue weighted by Gasteiger charge is -2.29. The lowest BCUT2D eigenvalue weighted by Crippen LogP contribution is -2.38. The van der Waals surface area contributed by atoms with E-state index in [0.717, 1.165) is 19.3 Å². The van der Waals surface area contributed by atoms with Gasteiger partial charge in [-0.15, -0.1) is 0 Å². The Morgan fingerprint density at radius 3 is 2.52 bits per heavy atom. The number of hydrogen-bond donors (Lipinski definition) is 1. The molecule has 7 nitrogen and oxygen atoms in total. The Kier molecular flexibility index (Phi) is 4.39. The van der Waals surface area contributed by atoms with Crippen molar-refractivity contribution < 1.29 is 13.3 Å². The molecule has 3 rings (SSSR count). The second-order valence-corrected chi connectivity index (χ2v) is 8.48. The highest BCUT2D eigenvalue weighted by Crippen LogP contribution is 2.37. The van der Waals surface area contributed by atoms with Crippen molar-refractivity contribution in [2.45, 2.75) is 31.1 Å². The molecule has 8 heteroatoms. The van der Waals surface area contributed by atoms with Crippen molar-refractivity contribution in [2.24, 2.45) is 17.6 Å². The van der Waals surface area contributed by atoms with Gasteiger partial charge in [0.1, 0.15) is 0 Å². The van der Waals surface area contributed by atoms with E-state index in [1.54, 1.807) is 4.31 Å². The van der Waals surface area contributed by atoms with Crippen LogP contribution in [-0.4, -0.2) is 36.8 Å². The quantitative estimate of drug-likeness (QED) is 0.660. The summed E-state index contributed by atoms with van der Waals surface area (Å²) < 4.78 is 26.8. The highest BCUT2D eigenvalue weighted by Gasteiger charge is 2.42. The van der Waals surface area contributed by atoms with Crippen LogP contribution in [0.3, 0.4) is 0 Å². The van der Waals surface area contributed by atoms with Gasteiger partial charge in [0, 0.05) is 31.3 Å². The average Bonchev–Trinajstić information content (AvgIpc) is 2.94. The number of sulfonamides is 1. The molecule has 0 aromatic heterocycles. The largest absolute Gasteiger partial charge is 0.327 e. The van der Waals surface area contributed by atoms with Gasteiger partial charge >= 0.3 is 0 Å². The molecule has 1 heterocycles. The minimum atomic E-state index is -3.42. The first-order valence-corrected chi connectivity index (χ1v) is 9.44. The van der Waals surface area contributed by atoms with Crippen LogP contribution in [0.25, 0.3) is 0 Å². The van der Waals surface area contributed by atoms with Crippen LogP contribution in [0.2, 0.25) is 0 Å². The topological polar surface area (TPSA) is 107 Å². The molecule has 1 saturated heterocycles. The normalized spacial score (nSPS) is 28.5. The second-order valence-electron chi connectivity index (χ2n) is 6.52. The summed E-state index contributed by atoms with van der Waals surface area (Å²) in [5.74, 6) is 0.500. The molecule has 1 saturated carbocycles. The van der Waals surface area contributed by atoms with Gasteiger partial charge in [-0.1, -0.05) is 18.6 Å². The zero-order valence-electron chi connectivity index (χ0n) is 12.8. The van der Waals surface area contributed by atoms with E-state index in [-0.39, 0.29) is 23.4 Å². The summed E-state index contributed by atoms with van der Waals surface area (Å²) in [7, 11) is -3.42. The van der Waals surface area contributed by atoms with Gasteiger partial charge in [0.25, 0.3) is 5.69 Å². The van der Waals surface area contributed by atoms with E-state index in [1.165, 1.54) is 24.3 Å². The number of nitro benzene ring substituents is 1. The van der Waals surface area contributed by atoms with Gasteiger partial charge in [-0.3, -0.25) is 10.1 Å². The maximum absolute atomic E-state index is 12.6. The zero-order valence-corrected chi connectivity index (χ0v) is 13.6. The van der Waals surface area contributed by atoms with Crippen molar-refractivity contribution >= 4 is 15.7 Å². The van der Waals surface area contributed by atoms with E-state index in [2.05, 4.69) is 0 Å². The summed E-state index contributed by atoms with van der Waals surface area (Å²) in [6, 6.07) is 5.78. The van der Waals surface area contributed by atoms with E-state index >= 15 is 0 Å². The maximum atomic E-state index is 12.6. The monoisotopic (exact) mass is 339 g/mol. The molecular weight excluding hydrogens is 318 g/mol. The van der Waals surface area contributed by atoms with Gasteiger partial charge in [0.15, 0.2) is 0 Å². The van der Waals surface area contributed by atoms with E-state index in [9.17, 15) is 18.5 Å². The zero-order chi connectivity index (χ0) is 16.6. The van der Waals surface area contributed by atoms with Crippen LogP contribution < -0.4 is 5.73 Å². The average molecular weight is 339 g/mol. The number of hydrogen-bond acceptors (Lipinski definition) is 5. The Labute approximate surface area is 135 Å². The van der Waals surface area contributed by atoms with Crippen LogP contribution >= 0.6 is 0 Å². The highest BCUT2D eigenvalue weighted by molar-refractivity contribution is 7.88. The van der Waals surface area contributed by atoms with Crippen molar-refractivity contribution in [3.63, 3.8) is 0 Å². The van der Waals surface area contributed by atoms with E-state index < -0.39 is 14.9 Å². The van der Waals surface area contributed by atoms with Crippen molar-refractivity contribution in [1.82, 2.24) is 4.31 Å². The third kappa shape index (κ3) is 3.39. The Hall–Kier alpha value is -1.51. The third-order valence-electron chi connectivity index (χ3n) is 5.01. The van der Waals surface area contributed by atoms with Gasteiger partial charge < -0.3 is 5.73 Å². The van der Waals surface area contributed by atoms with Crippen LogP contribution in [0.5, 0.6) is 0 Å². The number of fused-ring (bicyclic) bond motifs is 1. The van der Waals surface area contributed by atoms with Crippen molar-refractivity contribution in [1.29, 1.82) is 0 Å². The second kappa shape index (κ2) is 6.18. The molecule has 0 radical (unpaired) electrons. The molecule has 1 aromatic carbocycles. The summed E-state index contributed by atoms with van der Waals surface area (Å²) in [5.41, 5.74) is 6.66. The van der Waals surface area contributed by atoms with Gasteiger partial charge in [-0.25, -0.2) is 12.7 Å². The number of rotatable bonds is 4. The molecule has 1 aliphatic carbocycles. The Morgan fingerprint density at radius 1 is 1.22 bits per heavy atom. The molecule has 1 aromatic rings. The number of nitro groups is 1. The molecular formula is C15H21N3O4S. The number of nitrogens with two attached hydrogens (primary N) is 1. The Balaban J connectivity index is 1.71. The van der Waals surface area contributed by atoms with Crippen LogP contribution in [0.4, 0.5) is 5.69 Å². The van der Waals surface area contributed by atoms with Gasteiger partial charge in [0.05, 0.1) is 10.7 Å². The smallest absolute Gasteiger partial charge is 0.269 e. The molecule has 3 unspecified atom stereocenters. The first-order valence-electron chi connectivity index (χ1n) is 7.83. The molecule has 0 spiro atoms. The molecule has 0 bridgehead atoms. The third-order valence-corrected chi connectivity index (χ3v) is 6.79. The van der Waals surface area contributed by atoms with Crippen LogP contribution in [0.15, 0.2) is 24.3 Å². The lowest BCUT2D eigenvalue weighted by molar-refractivity contribution is -0.384. The summed E-state index contributed by atoms with van der Waals surface area (Å²) >= 11 is 0. The number of benzene rings is 1. The predicted octanol–water partition coefficient (Wildman–Crippen LogP) is 1.48. The fourth-order valence-corrected chi connectivity index (χ4v) is 5.33. The van der Waals surface area contributed by atoms with Crippen molar-refractivity contribution in [3.05, 3.63) is 39.9 Å². The SMILES string of the molecule is NC1CCCC2CN(S(=O)(=O)Cc3ccc([N+](=O)[O-])cc3)CC12.